The predicted octanol–water partition coefficient (Wildman–Crippen LogP) is 5.34. The van der Waals surface area contributed by atoms with Gasteiger partial charge in [-0.1, -0.05) is 121 Å². The van der Waals surface area contributed by atoms with E-state index >= 15 is 0 Å². The minimum Gasteiger partial charge on any atom is -0.468 e. The molecule has 0 aliphatic heterocycles. The Labute approximate surface area is 396 Å². The van der Waals surface area contributed by atoms with Crippen LogP contribution < -0.4 is 31.9 Å². The molecule has 0 bridgehead atoms. The van der Waals surface area contributed by atoms with Crippen LogP contribution in [-0.2, 0) is 69.3 Å². The molecular weight excluding hydrogens is 877 g/mol. The van der Waals surface area contributed by atoms with Crippen LogP contribution in [0.3, 0.4) is 0 Å². The number of carbonyl (C=O) groups excluding carboxylic acids is 7. The third-order valence-corrected chi connectivity index (χ3v) is 10.3. The number of amides is 6. The van der Waals surface area contributed by atoms with Crippen molar-refractivity contribution in [3.63, 3.8) is 0 Å². The fourth-order valence-electron chi connectivity index (χ4n) is 6.48. The molecule has 6 amide bonds. The minimum atomic E-state index is -1.41. The summed E-state index contributed by atoms with van der Waals surface area (Å²) in [6.45, 7) is 1.72. The predicted molar refractivity (Wildman–Crippen MR) is 250 cm³/mol. The first kappa shape index (κ1) is 53.1. The maximum atomic E-state index is 14.3. The van der Waals surface area contributed by atoms with E-state index in [1.807, 2.05) is 97.1 Å². The second kappa shape index (κ2) is 30.7. The van der Waals surface area contributed by atoms with Crippen molar-refractivity contribution in [2.24, 2.45) is 0 Å². The Morgan fingerprint density at radius 3 is 1.31 bits per heavy atom. The van der Waals surface area contributed by atoms with E-state index in [1.54, 1.807) is 31.2 Å². The Morgan fingerprint density at radius 1 is 0.456 bits per heavy atom. The first-order valence-corrected chi connectivity index (χ1v) is 22.5. The molecule has 0 heterocycles. The summed E-state index contributed by atoms with van der Waals surface area (Å²) in [6, 6.07) is 32.7. The van der Waals surface area contributed by atoms with Crippen LogP contribution in [-0.4, -0.2) is 92.9 Å². The second-order valence-electron chi connectivity index (χ2n) is 15.6. The molecule has 0 aliphatic rings. The highest BCUT2D eigenvalue weighted by atomic mass is 16.6. The van der Waals surface area contributed by atoms with E-state index < -0.39 is 72.7 Å². The lowest BCUT2D eigenvalue weighted by Gasteiger charge is -2.29. The SMILES string of the molecule is COC(=O)CNC(=O)[C@H](CCCCNC(=O)OCc1ccccc1)NC(=O)[C@@H](NC(=O)[C@H](CCCCNC(=O)OCc1ccccc1)NC(=O)OCc1ccccc1)[C@@H](C)OCc1ccccc1. The molecule has 0 spiro atoms. The largest absolute Gasteiger partial charge is 0.468 e. The number of hydrogen-bond acceptors (Lipinski definition) is 12. The van der Waals surface area contributed by atoms with E-state index in [-0.39, 0.29) is 52.4 Å². The zero-order valence-electron chi connectivity index (χ0n) is 38.4. The van der Waals surface area contributed by atoms with Gasteiger partial charge in [0.05, 0.1) is 19.8 Å². The minimum absolute atomic E-state index is 0.0692. The highest BCUT2D eigenvalue weighted by Crippen LogP contribution is 2.12. The average Bonchev–Trinajstić information content (AvgIpc) is 3.36. The van der Waals surface area contributed by atoms with Gasteiger partial charge in [-0.15, -0.1) is 0 Å². The van der Waals surface area contributed by atoms with E-state index in [1.165, 1.54) is 7.11 Å². The third kappa shape index (κ3) is 21.2. The van der Waals surface area contributed by atoms with Gasteiger partial charge in [0, 0.05) is 13.1 Å². The summed E-state index contributed by atoms with van der Waals surface area (Å²) in [5, 5.41) is 15.9. The molecule has 4 aromatic carbocycles. The summed E-state index contributed by atoms with van der Waals surface area (Å²) in [7, 11) is 1.17. The number of alkyl carbamates (subject to hydrolysis) is 3. The summed E-state index contributed by atoms with van der Waals surface area (Å²) in [5.74, 6) is -2.94. The number of ether oxygens (including phenoxy) is 5. The molecule has 364 valence electrons. The Kier molecular flexibility index (Phi) is 24.0. The smallest absolute Gasteiger partial charge is 0.408 e. The van der Waals surface area contributed by atoms with Gasteiger partial charge in [0.2, 0.25) is 17.7 Å². The molecule has 0 unspecified atom stereocenters. The summed E-state index contributed by atoms with van der Waals surface area (Å²) < 4.78 is 26.7. The molecule has 0 aromatic heterocycles. The molecule has 4 aromatic rings. The monoisotopic (exact) mass is 938 g/mol. The van der Waals surface area contributed by atoms with Gasteiger partial charge in [0.1, 0.15) is 44.5 Å². The lowest BCUT2D eigenvalue weighted by Crippen LogP contribution is -2.60. The lowest BCUT2D eigenvalue weighted by molar-refractivity contribution is -0.141. The molecule has 18 nitrogen and oxygen atoms in total. The van der Waals surface area contributed by atoms with Gasteiger partial charge in [0.25, 0.3) is 0 Å². The van der Waals surface area contributed by atoms with E-state index in [9.17, 15) is 33.6 Å². The Bertz CT molecular complexity index is 2150. The van der Waals surface area contributed by atoms with E-state index in [2.05, 4.69) is 36.6 Å². The molecule has 0 saturated heterocycles. The molecule has 6 N–H and O–H groups in total. The van der Waals surface area contributed by atoms with Gasteiger partial charge in [-0.2, -0.15) is 0 Å². The van der Waals surface area contributed by atoms with Crippen molar-refractivity contribution in [1.29, 1.82) is 0 Å². The third-order valence-electron chi connectivity index (χ3n) is 10.3. The van der Waals surface area contributed by atoms with Crippen molar-refractivity contribution in [3.05, 3.63) is 144 Å². The molecule has 0 radical (unpaired) electrons. The first-order valence-electron chi connectivity index (χ1n) is 22.5. The molecular formula is C50H62N6O12. The van der Waals surface area contributed by atoms with Crippen molar-refractivity contribution in [2.45, 2.75) is 96.1 Å². The van der Waals surface area contributed by atoms with Crippen molar-refractivity contribution < 1.29 is 57.2 Å². The Hall–Kier alpha value is -7.47. The van der Waals surface area contributed by atoms with Crippen LogP contribution in [0.15, 0.2) is 121 Å². The van der Waals surface area contributed by atoms with Gasteiger partial charge >= 0.3 is 24.2 Å². The van der Waals surface area contributed by atoms with Gasteiger partial charge in [-0.25, -0.2) is 14.4 Å². The van der Waals surface area contributed by atoms with Crippen molar-refractivity contribution in [3.8, 4) is 0 Å². The second-order valence-corrected chi connectivity index (χ2v) is 15.6. The maximum absolute atomic E-state index is 14.3. The zero-order chi connectivity index (χ0) is 48.8. The van der Waals surface area contributed by atoms with Crippen LogP contribution in [0.5, 0.6) is 0 Å². The molecule has 0 fully saturated rings. The summed E-state index contributed by atoms with van der Waals surface area (Å²) >= 11 is 0. The maximum Gasteiger partial charge on any atom is 0.408 e. The van der Waals surface area contributed by atoms with E-state index in [0.29, 0.717) is 25.7 Å². The molecule has 18 heteroatoms. The molecule has 4 rings (SSSR count). The fraction of sp³-hybridized carbons (Fsp3) is 0.380. The number of esters is 1. The van der Waals surface area contributed by atoms with Gasteiger partial charge in [-0.05, 0) is 67.7 Å². The number of unbranched alkanes of at least 4 members (excludes halogenated alkanes) is 2. The topological polar surface area (TPSA) is 238 Å². The van der Waals surface area contributed by atoms with Crippen molar-refractivity contribution in [2.75, 3.05) is 26.7 Å². The van der Waals surface area contributed by atoms with Crippen LogP contribution in [0, 0.1) is 0 Å². The number of methoxy groups -OCH3 is 1. The van der Waals surface area contributed by atoms with Crippen LogP contribution in [0.25, 0.3) is 0 Å². The standard InChI is InChI=1S/C50H62N6O12/c1-36(65-32-37-19-7-3-8-20-37)44(47(60)54-41(45(58)53-31-43(57)64-2)27-15-17-29-51-48(61)66-33-38-21-9-4-10-22-38)56-46(59)42(55-50(63)68-35-40-25-13-6-14-26-40)28-16-18-30-52-49(62)67-34-39-23-11-5-12-24-39/h3-14,19-26,36,41-42,44H,15-18,27-35H2,1-2H3,(H,51,61)(H,52,62)(H,53,58)(H,54,60)(H,55,63)(H,56,59)/t36-,41+,42+,44+/m1/s1. The molecule has 68 heavy (non-hydrogen) atoms. The summed E-state index contributed by atoms with van der Waals surface area (Å²) in [5.41, 5.74) is 3.16. The Morgan fingerprint density at radius 2 is 0.868 bits per heavy atom. The number of benzene rings is 4. The number of hydrogen-bond donors (Lipinski definition) is 6. The number of carbonyl (C=O) groups is 7. The number of rotatable bonds is 28. The molecule has 0 aliphatic carbocycles. The first-order chi connectivity index (χ1) is 33.0. The van der Waals surface area contributed by atoms with E-state index in [0.717, 1.165) is 22.3 Å². The highest BCUT2D eigenvalue weighted by molar-refractivity contribution is 5.94. The van der Waals surface area contributed by atoms with E-state index in [4.69, 9.17) is 18.9 Å². The van der Waals surface area contributed by atoms with Crippen LogP contribution >= 0.6 is 0 Å². The average molecular weight is 939 g/mol. The van der Waals surface area contributed by atoms with Crippen LogP contribution in [0.1, 0.15) is 67.7 Å². The number of nitrogens with one attached hydrogen (secondary N) is 6. The molecule has 4 atom stereocenters. The van der Waals surface area contributed by atoms with Gasteiger partial charge < -0.3 is 55.6 Å². The van der Waals surface area contributed by atoms with Crippen molar-refractivity contribution in [1.82, 2.24) is 31.9 Å². The zero-order valence-corrected chi connectivity index (χ0v) is 38.4. The quantitative estimate of drug-likeness (QED) is 0.0241. The van der Waals surface area contributed by atoms with Gasteiger partial charge in [-0.3, -0.25) is 19.2 Å². The van der Waals surface area contributed by atoms with Gasteiger partial charge in [0.15, 0.2) is 0 Å². The Balaban J connectivity index is 1.44. The normalized spacial score (nSPS) is 12.4. The summed E-state index contributed by atoms with van der Waals surface area (Å²) in [6.07, 6.45) is -1.48. The molecule has 0 saturated carbocycles. The lowest BCUT2D eigenvalue weighted by atomic mass is 10.0. The fourth-order valence-corrected chi connectivity index (χ4v) is 6.48. The summed E-state index contributed by atoms with van der Waals surface area (Å²) in [4.78, 5) is 91.7. The van der Waals surface area contributed by atoms with Crippen LogP contribution in [0.2, 0.25) is 0 Å². The van der Waals surface area contributed by atoms with Crippen LogP contribution in [0.4, 0.5) is 14.4 Å². The van der Waals surface area contributed by atoms with Crippen molar-refractivity contribution >= 4 is 42.0 Å². The highest BCUT2D eigenvalue weighted by Gasteiger charge is 2.34.